The van der Waals surface area contributed by atoms with Crippen molar-refractivity contribution in [2.24, 2.45) is 0 Å². The summed E-state index contributed by atoms with van der Waals surface area (Å²) >= 11 is 0. The van der Waals surface area contributed by atoms with E-state index in [1.165, 1.54) is 5.56 Å². The van der Waals surface area contributed by atoms with Crippen LogP contribution in [-0.2, 0) is 16.7 Å². The van der Waals surface area contributed by atoms with Crippen molar-refractivity contribution < 1.29 is 13.9 Å². The Balaban J connectivity index is 1.66. The van der Waals surface area contributed by atoms with E-state index in [1.807, 2.05) is 20.8 Å². The van der Waals surface area contributed by atoms with Gasteiger partial charge in [-0.05, 0) is 59.4 Å². The molecule has 1 spiro atoms. The lowest BCUT2D eigenvalue weighted by molar-refractivity contribution is 0.0399. The standard InChI is InChI=1S/C18H28N2O3/c1-16(2,3)23-15(21)20-17(4)7-9-18(10-8-17)13-6-12-22-14(13)5-11-19-18/h6,12,19H,5,7-11H2,1-4H3,(H,20,21). The van der Waals surface area contributed by atoms with E-state index in [2.05, 4.69) is 23.6 Å². The summed E-state index contributed by atoms with van der Waals surface area (Å²) in [5.74, 6) is 1.12. The molecule has 1 fully saturated rings. The predicted octanol–water partition coefficient (Wildman–Crippen LogP) is 3.48. The van der Waals surface area contributed by atoms with Crippen LogP contribution in [-0.4, -0.2) is 23.8 Å². The summed E-state index contributed by atoms with van der Waals surface area (Å²) in [6.45, 7) is 8.73. The summed E-state index contributed by atoms with van der Waals surface area (Å²) in [7, 11) is 0. The van der Waals surface area contributed by atoms with Gasteiger partial charge >= 0.3 is 6.09 Å². The molecule has 0 saturated heterocycles. The van der Waals surface area contributed by atoms with Crippen LogP contribution in [0.3, 0.4) is 0 Å². The number of carbonyl (C=O) groups is 1. The number of furan rings is 1. The lowest BCUT2D eigenvalue weighted by Gasteiger charge is -2.47. The quantitative estimate of drug-likeness (QED) is 0.831. The van der Waals surface area contributed by atoms with Crippen molar-refractivity contribution in [1.29, 1.82) is 0 Å². The first-order valence-corrected chi connectivity index (χ1v) is 8.55. The first-order valence-electron chi connectivity index (χ1n) is 8.55. The highest BCUT2D eigenvalue weighted by molar-refractivity contribution is 5.68. The molecule has 0 radical (unpaired) electrons. The summed E-state index contributed by atoms with van der Waals surface area (Å²) in [4.78, 5) is 12.1. The third kappa shape index (κ3) is 3.39. The van der Waals surface area contributed by atoms with E-state index in [0.29, 0.717) is 0 Å². The topological polar surface area (TPSA) is 63.5 Å². The molecule has 3 rings (SSSR count). The molecule has 5 heteroatoms. The Hall–Kier alpha value is -1.49. The minimum atomic E-state index is -0.465. The van der Waals surface area contributed by atoms with Crippen LogP contribution in [0.2, 0.25) is 0 Å². The Labute approximate surface area is 138 Å². The van der Waals surface area contributed by atoms with E-state index < -0.39 is 5.60 Å². The van der Waals surface area contributed by atoms with Gasteiger partial charge in [-0.1, -0.05) is 0 Å². The van der Waals surface area contributed by atoms with Gasteiger partial charge in [-0.25, -0.2) is 4.79 Å². The lowest BCUT2D eigenvalue weighted by Crippen LogP contribution is -2.56. The molecule has 5 nitrogen and oxygen atoms in total. The molecule has 2 N–H and O–H groups in total. The fourth-order valence-corrected chi connectivity index (χ4v) is 3.82. The molecular formula is C18H28N2O3. The van der Waals surface area contributed by atoms with Crippen LogP contribution in [0.15, 0.2) is 16.7 Å². The summed E-state index contributed by atoms with van der Waals surface area (Å²) in [6.07, 6.45) is 6.26. The van der Waals surface area contributed by atoms with Crippen LogP contribution in [0.25, 0.3) is 0 Å². The second-order valence-corrected chi connectivity index (χ2v) is 8.20. The number of carbonyl (C=O) groups excluding carboxylic acids is 1. The van der Waals surface area contributed by atoms with E-state index in [0.717, 1.165) is 44.4 Å². The van der Waals surface area contributed by atoms with E-state index in [4.69, 9.17) is 9.15 Å². The van der Waals surface area contributed by atoms with Crippen LogP contribution in [0, 0.1) is 0 Å². The maximum absolute atomic E-state index is 12.1. The van der Waals surface area contributed by atoms with Crippen molar-refractivity contribution in [1.82, 2.24) is 10.6 Å². The molecule has 23 heavy (non-hydrogen) atoms. The van der Waals surface area contributed by atoms with Gasteiger partial charge in [0.05, 0.1) is 6.26 Å². The van der Waals surface area contributed by atoms with Crippen LogP contribution in [0.4, 0.5) is 4.79 Å². The molecule has 0 aromatic carbocycles. The highest BCUT2D eigenvalue weighted by Gasteiger charge is 2.45. The number of nitrogens with one attached hydrogen (secondary N) is 2. The third-order valence-electron chi connectivity index (χ3n) is 5.09. The van der Waals surface area contributed by atoms with Gasteiger partial charge in [-0.15, -0.1) is 0 Å². The molecule has 1 aromatic heterocycles. The molecule has 128 valence electrons. The minimum Gasteiger partial charge on any atom is -0.469 e. The fraction of sp³-hybridized carbons (Fsp3) is 0.722. The molecule has 2 aliphatic rings. The smallest absolute Gasteiger partial charge is 0.408 e. The highest BCUT2D eigenvalue weighted by atomic mass is 16.6. The maximum Gasteiger partial charge on any atom is 0.408 e. The first-order chi connectivity index (χ1) is 10.7. The molecular weight excluding hydrogens is 292 g/mol. The van der Waals surface area contributed by atoms with E-state index >= 15 is 0 Å². The van der Waals surface area contributed by atoms with Gasteiger partial charge in [0.1, 0.15) is 11.4 Å². The molecule has 1 saturated carbocycles. The normalized spacial score (nSPS) is 30.8. The Kier molecular flexibility index (Phi) is 3.95. The summed E-state index contributed by atoms with van der Waals surface area (Å²) in [5, 5.41) is 6.78. The summed E-state index contributed by atoms with van der Waals surface area (Å²) in [5.41, 5.74) is 0.641. The second kappa shape index (κ2) is 5.55. The molecule has 1 amide bonds. The Morgan fingerprint density at radius 2 is 2.00 bits per heavy atom. The number of hydrogen-bond donors (Lipinski definition) is 2. The minimum absolute atomic E-state index is 0.00963. The van der Waals surface area contributed by atoms with Crippen molar-refractivity contribution >= 4 is 6.09 Å². The van der Waals surface area contributed by atoms with Crippen molar-refractivity contribution in [2.45, 2.75) is 76.5 Å². The van der Waals surface area contributed by atoms with E-state index in [1.54, 1.807) is 6.26 Å². The van der Waals surface area contributed by atoms with Crippen molar-refractivity contribution in [3.63, 3.8) is 0 Å². The number of alkyl carbamates (subject to hydrolysis) is 1. The molecule has 1 aliphatic heterocycles. The molecule has 2 heterocycles. The third-order valence-corrected chi connectivity index (χ3v) is 5.09. The van der Waals surface area contributed by atoms with E-state index in [9.17, 15) is 4.79 Å². The average Bonchev–Trinajstić information content (AvgIpc) is 2.90. The van der Waals surface area contributed by atoms with Gasteiger partial charge in [0, 0.05) is 29.6 Å². The molecule has 0 atom stereocenters. The number of amides is 1. The molecule has 0 bridgehead atoms. The number of rotatable bonds is 1. The Morgan fingerprint density at radius 1 is 1.30 bits per heavy atom. The van der Waals surface area contributed by atoms with Gasteiger partial charge in [-0.3, -0.25) is 0 Å². The van der Waals surface area contributed by atoms with Crippen molar-refractivity contribution in [3.8, 4) is 0 Å². The highest BCUT2D eigenvalue weighted by Crippen LogP contribution is 2.44. The van der Waals surface area contributed by atoms with Gasteiger partial charge in [0.2, 0.25) is 0 Å². The van der Waals surface area contributed by atoms with Crippen LogP contribution < -0.4 is 10.6 Å². The van der Waals surface area contributed by atoms with Crippen LogP contribution in [0.1, 0.15) is 64.7 Å². The number of fused-ring (bicyclic) bond motifs is 2. The largest absolute Gasteiger partial charge is 0.469 e. The van der Waals surface area contributed by atoms with Gasteiger partial charge in [0.15, 0.2) is 0 Å². The summed E-state index contributed by atoms with van der Waals surface area (Å²) in [6, 6.07) is 2.10. The van der Waals surface area contributed by atoms with Crippen molar-refractivity contribution in [2.75, 3.05) is 6.54 Å². The monoisotopic (exact) mass is 320 g/mol. The van der Waals surface area contributed by atoms with E-state index in [-0.39, 0.29) is 17.2 Å². The van der Waals surface area contributed by atoms with Crippen molar-refractivity contribution in [3.05, 3.63) is 23.7 Å². The maximum atomic E-state index is 12.1. The number of ether oxygens (including phenoxy) is 1. The van der Waals surface area contributed by atoms with Gasteiger partial charge in [0.25, 0.3) is 0 Å². The zero-order chi connectivity index (χ0) is 16.7. The van der Waals surface area contributed by atoms with Crippen LogP contribution >= 0.6 is 0 Å². The lowest BCUT2D eigenvalue weighted by atomic mass is 9.69. The first kappa shape index (κ1) is 16.4. The fourth-order valence-electron chi connectivity index (χ4n) is 3.82. The second-order valence-electron chi connectivity index (χ2n) is 8.20. The number of hydrogen-bond acceptors (Lipinski definition) is 4. The SMILES string of the molecule is CC1(NC(=O)OC(C)(C)C)CCC2(CC1)NCCc1occc12. The summed E-state index contributed by atoms with van der Waals surface area (Å²) < 4.78 is 11.0. The Morgan fingerprint density at radius 3 is 2.65 bits per heavy atom. The van der Waals surface area contributed by atoms with Gasteiger partial charge < -0.3 is 19.8 Å². The zero-order valence-electron chi connectivity index (χ0n) is 14.6. The molecule has 0 unspecified atom stereocenters. The average molecular weight is 320 g/mol. The molecule has 1 aliphatic carbocycles. The molecule has 1 aromatic rings. The Bertz CT molecular complexity index is 577. The zero-order valence-corrected chi connectivity index (χ0v) is 14.6. The van der Waals surface area contributed by atoms with Gasteiger partial charge in [-0.2, -0.15) is 0 Å². The predicted molar refractivity (Wildman–Crippen MR) is 88.3 cm³/mol. The van der Waals surface area contributed by atoms with Crippen LogP contribution in [0.5, 0.6) is 0 Å².